The Bertz CT molecular complexity index is 436. The predicted molar refractivity (Wildman–Crippen MR) is 54.5 cm³/mol. The lowest BCUT2D eigenvalue weighted by atomic mass is 9.90. The first-order valence-electron chi connectivity index (χ1n) is 5.30. The summed E-state index contributed by atoms with van der Waals surface area (Å²) in [4.78, 5) is 11.1. The van der Waals surface area contributed by atoms with Crippen LogP contribution in [0.1, 0.15) is 29.9 Å². The molecule has 1 saturated carbocycles. The third kappa shape index (κ3) is 2.43. The maximum atomic E-state index is 12.8. The molecule has 0 aliphatic heterocycles. The Morgan fingerprint density at radius 3 is 2.35 bits per heavy atom. The molecule has 0 aromatic heterocycles. The summed E-state index contributed by atoms with van der Waals surface area (Å²) in [6, 6.07) is 4.93. The van der Waals surface area contributed by atoms with Gasteiger partial charge in [-0.15, -0.1) is 0 Å². The SMILES string of the molecule is O=C(O)C(c1ccccc1C(F)(F)F)C1CC1. The van der Waals surface area contributed by atoms with E-state index in [1.807, 2.05) is 0 Å². The third-order valence-electron chi connectivity index (χ3n) is 2.96. The van der Waals surface area contributed by atoms with Gasteiger partial charge < -0.3 is 5.11 Å². The van der Waals surface area contributed by atoms with Crippen molar-refractivity contribution in [3.8, 4) is 0 Å². The van der Waals surface area contributed by atoms with Crippen LogP contribution in [0.25, 0.3) is 0 Å². The first kappa shape index (κ1) is 12.0. The van der Waals surface area contributed by atoms with E-state index in [-0.39, 0.29) is 11.5 Å². The highest BCUT2D eigenvalue weighted by Gasteiger charge is 2.42. The normalized spacial score (nSPS) is 17.8. The predicted octanol–water partition coefficient (Wildman–Crippen LogP) is 3.28. The summed E-state index contributed by atoms with van der Waals surface area (Å²) in [5, 5.41) is 9.06. The van der Waals surface area contributed by atoms with Gasteiger partial charge in [0, 0.05) is 0 Å². The minimum absolute atomic E-state index is 0.116. The maximum Gasteiger partial charge on any atom is 0.416 e. The highest BCUT2D eigenvalue weighted by Crippen LogP contribution is 2.46. The minimum atomic E-state index is -4.50. The van der Waals surface area contributed by atoms with Gasteiger partial charge in [-0.1, -0.05) is 18.2 Å². The molecule has 1 aliphatic rings. The molecule has 5 heteroatoms. The Kier molecular flexibility index (Phi) is 2.85. The number of alkyl halides is 3. The van der Waals surface area contributed by atoms with Gasteiger partial charge in [0.15, 0.2) is 0 Å². The molecule has 0 spiro atoms. The van der Waals surface area contributed by atoms with Crippen molar-refractivity contribution < 1.29 is 23.1 Å². The monoisotopic (exact) mass is 244 g/mol. The van der Waals surface area contributed by atoms with Crippen LogP contribution in [0.2, 0.25) is 0 Å². The van der Waals surface area contributed by atoms with Gasteiger partial charge in [-0.2, -0.15) is 13.2 Å². The van der Waals surface area contributed by atoms with E-state index in [4.69, 9.17) is 5.11 Å². The van der Waals surface area contributed by atoms with Gasteiger partial charge in [-0.3, -0.25) is 4.79 Å². The Balaban J connectivity index is 2.46. The lowest BCUT2D eigenvalue weighted by molar-refractivity contribution is -0.142. The topological polar surface area (TPSA) is 37.3 Å². The van der Waals surface area contributed by atoms with Crippen LogP contribution in [0.5, 0.6) is 0 Å². The van der Waals surface area contributed by atoms with E-state index in [2.05, 4.69) is 0 Å². The van der Waals surface area contributed by atoms with E-state index < -0.39 is 23.6 Å². The number of carboxylic acid groups (broad SMARTS) is 1. The number of carbonyl (C=O) groups is 1. The standard InChI is InChI=1S/C12H11F3O2/c13-12(14,15)9-4-2-1-3-8(9)10(11(16)17)7-5-6-7/h1-4,7,10H,5-6H2,(H,16,17). The third-order valence-corrected chi connectivity index (χ3v) is 2.96. The number of halogens is 3. The van der Waals surface area contributed by atoms with Crippen LogP contribution in [-0.4, -0.2) is 11.1 Å². The van der Waals surface area contributed by atoms with Crippen LogP contribution < -0.4 is 0 Å². The summed E-state index contributed by atoms with van der Waals surface area (Å²) in [5.41, 5.74) is -0.950. The molecule has 0 saturated heterocycles. The molecule has 0 amide bonds. The first-order valence-corrected chi connectivity index (χ1v) is 5.30. The highest BCUT2D eigenvalue weighted by atomic mass is 19.4. The fourth-order valence-electron chi connectivity index (χ4n) is 2.04. The summed E-state index contributed by atoms with van der Waals surface area (Å²) < 4.78 is 38.3. The lowest BCUT2D eigenvalue weighted by Gasteiger charge is -2.17. The van der Waals surface area contributed by atoms with Crippen molar-refractivity contribution in [2.45, 2.75) is 24.9 Å². The molecular weight excluding hydrogens is 233 g/mol. The van der Waals surface area contributed by atoms with E-state index in [0.29, 0.717) is 12.8 Å². The molecule has 1 atom stereocenters. The summed E-state index contributed by atoms with van der Waals surface area (Å²) in [5.74, 6) is -2.37. The summed E-state index contributed by atoms with van der Waals surface area (Å²) >= 11 is 0. The van der Waals surface area contributed by atoms with Crippen LogP contribution in [0.4, 0.5) is 13.2 Å². The Labute approximate surface area is 96.1 Å². The Morgan fingerprint density at radius 2 is 1.88 bits per heavy atom. The number of benzene rings is 1. The molecule has 2 nitrogen and oxygen atoms in total. The zero-order valence-electron chi connectivity index (χ0n) is 8.87. The number of carboxylic acids is 1. The summed E-state index contributed by atoms with van der Waals surface area (Å²) in [7, 11) is 0. The van der Waals surface area contributed by atoms with E-state index in [1.165, 1.54) is 18.2 Å². The molecule has 1 fully saturated rings. The second-order valence-corrected chi connectivity index (χ2v) is 4.24. The van der Waals surface area contributed by atoms with Crippen molar-refractivity contribution >= 4 is 5.97 Å². The van der Waals surface area contributed by atoms with Crippen LogP contribution in [-0.2, 0) is 11.0 Å². The average molecular weight is 244 g/mol. The minimum Gasteiger partial charge on any atom is -0.481 e. The maximum absolute atomic E-state index is 12.8. The van der Waals surface area contributed by atoms with Gasteiger partial charge in [0.25, 0.3) is 0 Å². The molecule has 17 heavy (non-hydrogen) atoms. The molecule has 1 unspecified atom stereocenters. The molecule has 0 heterocycles. The van der Waals surface area contributed by atoms with Gasteiger partial charge in [0.1, 0.15) is 0 Å². The van der Waals surface area contributed by atoms with E-state index in [1.54, 1.807) is 0 Å². The number of rotatable bonds is 3. The van der Waals surface area contributed by atoms with Gasteiger partial charge in [-0.05, 0) is 30.4 Å². The molecule has 1 aromatic rings. The molecule has 1 aliphatic carbocycles. The Hall–Kier alpha value is -1.52. The van der Waals surface area contributed by atoms with Crippen molar-refractivity contribution in [2.75, 3.05) is 0 Å². The highest BCUT2D eigenvalue weighted by molar-refractivity contribution is 5.77. The average Bonchev–Trinajstić information content (AvgIpc) is 3.01. The zero-order chi connectivity index (χ0) is 12.6. The smallest absolute Gasteiger partial charge is 0.416 e. The van der Waals surface area contributed by atoms with E-state index in [9.17, 15) is 18.0 Å². The quantitative estimate of drug-likeness (QED) is 0.885. The summed E-state index contributed by atoms with van der Waals surface area (Å²) in [6.45, 7) is 0. The van der Waals surface area contributed by atoms with Gasteiger partial charge in [0.2, 0.25) is 0 Å². The van der Waals surface area contributed by atoms with Crippen molar-refractivity contribution in [1.82, 2.24) is 0 Å². The number of hydrogen-bond donors (Lipinski definition) is 1. The fraction of sp³-hybridized carbons (Fsp3) is 0.417. The molecule has 92 valence electrons. The second kappa shape index (κ2) is 4.05. The lowest BCUT2D eigenvalue weighted by Crippen LogP contribution is -2.19. The molecule has 0 radical (unpaired) electrons. The molecule has 1 aromatic carbocycles. The van der Waals surface area contributed by atoms with Crippen LogP contribution in [0.15, 0.2) is 24.3 Å². The summed E-state index contributed by atoms with van der Waals surface area (Å²) in [6.07, 6.45) is -3.13. The van der Waals surface area contributed by atoms with Crippen LogP contribution in [0.3, 0.4) is 0 Å². The molecule has 0 bridgehead atoms. The van der Waals surface area contributed by atoms with Crippen molar-refractivity contribution in [3.05, 3.63) is 35.4 Å². The molecular formula is C12H11F3O2. The van der Waals surface area contributed by atoms with Crippen LogP contribution in [0, 0.1) is 5.92 Å². The molecule has 1 N–H and O–H groups in total. The van der Waals surface area contributed by atoms with Crippen molar-refractivity contribution in [2.24, 2.45) is 5.92 Å². The van der Waals surface area contributed by atoms with Crippen LogP contribution >= 0.6 is 0 Å². The zero-order valence-corrected chi connectivity index (χ0v) is 8.87. The van der Waals surface area contributed by atoms with Gasteiger partial charge >= 0.3 is 12.1 Å². The Morgan fingerprint density at radius 1 is 1.29 bits per heavy atom. The van der Waals surface area contributed by atoms with E-state index >= 15 is 0 Å². The largest absolute Gasteiger partial charge is 0.481 e. The fourth-order valence-corrected chi connectivity index (χ4v) is 2.04. The molecule has 2 rings (SSSR count). The van der Waals surface area contributed by atoms with Gasteiger partial charge in [-0.25, -0.2) is 0 Å². The second-order valence-electron chi connectivity index (χ2n) is 4.24. The number of hydrogen-bond acceptors (Lipinski definition) is 1. The van der Waals surface area contributed by atoms with Gasteiger partial charge in [0.05, 0.1) is 11.5 Å². The first-order chi connectivity index (χ1) is 7.91. The number of aliphatic carboxylic acids is 1. The van der Waals surface area contributed by atoms with Crippen molar-refractivity contribution in [1.29, 1.82) is 0 Å². The van der Waals surface area contributed by atoms with E-state index in [0.717, 1.165) is 6.07 Å². The van der Waals surface area contributed by atoms with Crippen molar-refractivity contribution in [3.63, 3.8) is 0 Å².